The Morgan fingerprint density at radius 1 is 1.19 bits per heavy atom. The van der Waals surface area contributed by atoms with Crippen molar-refractivity contribution in [2.75, 3.05) is 31.6 Å². The fraction of sp³-hybridized carbons (Fsp3) is 0.250. The molecule has 3 rings (SSSR count). The summed E-state index contributed by atoms with van der Waals surface area (Å²) in [4.78, 5) is 0.236. The lowest BCUT2D eigenvalue weighted by Gasteiger charge is -2.26. The minimum Gasteiger partial charge on any atom is -0.463 e. The van der Waals surface area contributed by atoms with Crippen molar-refractivity contribution in [1.82, 2.24) is 9.73 Å². The number of ether oxygens (including phenoxy) is 1. The van der Waals surface area contributed by atoms with Crippen LogP contribution in [0.4, 0.5) is 5.69 Å². The highest BCUT2D eigenvalue weighted by Gasteiger charge is 2.26. The van der Waals surface area contributed by atoms with E-state index in [-0.39, 0.29) is 10.0 Å². The third-order valence-electron chi connectivity index (χ3n) is 3.62. The summed E-state index contributed by atoms with van der Waals surface area (Å²) in [5, 5.41) is 7.14. The predicted octanol–water partition coefficient (Wildman–Crippen LogP) is 1.62. The fourth-order valence-corrected chi connectivity index (χ4v) is 3.90. The number of anilines is 1. The van der Waals surface area contributed by atoms with E-state index in [1.807, 2.05) is 0 Å². The van der Waals surface area contributed by atoms with Gasteiger partial charge in [-0.3, -0.25) is 5.43 Å². The van der Waals surface area contributed by atoms with Crippen molar-refractivity contribution in [1.29, 1.82) is 0 Å². The number of nitrogens with zero attached hydrogens (tertiary/aromatic N) is 2. The Morgan fingerprint density at radius 2 is 1.92 bits per heavy atom. The van der Waals surface area contributed by atoms with Gasteiger partial charge < -0.3 is 14.5 Å². The lowest BCUT2D eigenvalue weighted by atomic mass is 10.3. The van der Waals surface area contributed by atoms with Gasteiger partial charge in [0.15, 0.2) is 5.11 Å². The zero-order chi connectivity index (χ0) is 18.4. The molecule has 1 aromatic carbocycles. The molecule has 0 atom stereocenters. The van der Waals surface area contributed by atoms with Crippen LogP contribution < -0.4 is 10.7 Å². The Hall–Kier alpha value is -2.27. The Kier molecular flexibility index (Phi) is 5.99. The maximum Gasteiger partial charge on any atom is 0.243 e. The molecule has 1 aliphatic heterocycles. The molecule has 1 fully saturated rings. The lowest BCUT2D eigenvalue weighted by Crippen LogP contribution is -2.40. The van der Waals surface area contributed by atoms with Crippen LogP contribution in [0.1, 0.15) is 5.76 Å². The molecule has 0 aliphatic carbocycles. The molecule has 1 aliphatic rings. The molecule has 26 heavy (non-hydrogen) atoms. The van der Waals surface area contributed by atoms with Crippen LogP contribution >= 0.6 is 12.2 Å². The predicted molar refractivity (Wildman–Crippen MR) is 102 cm³/mol. The first kappa shape index (κ1) is 18.5. The summed E-state index contributed by atoms with van der Waals surface area (Å²) in [5.41, 5.74) is 3.31. The number of benzene rings is 1. The number of hydrogen-bond acceptors (Lipinski definition) is 6. The van der Waals surface area contributed by atoms with Gasteiger partial charge in [-0.15, -0.1) is 0 Å². The summed E-state index contributed by atoms with van der Waals surface area (Å²) < 4.78 is 36.8. The van der Waals surface area contributed by atoms with Crippen LogP contribution in [0, 0.1) is 0 Å². The molecular formula is C16H18N4O4S2. The van der Waals surface area contributed by atoms with Gasteiger partial charge in [-0.1, -0.05) is 0 Å². The second-order valence-electron chi connectivity index (χ2n) is 5.38. The first-order chi connectivity index (χ1) is 12.6. The molecule has 0 spiro atoms. The molecule has 0 radical (unpaired) electrons. The topological polar surface area (TPSA) is 96.2 Å². The van der Waals surface area contributed by atoms with Crippen LogP contribution in [0.15, 0.2) is 57.1 Å². The average Bonchev–Trinajstić information content (AvgIpc) is 3.16. The molecule has 8 nitrogen and oxygen atoms in total. The third kappa shape index (κ3) is 4.67. The summed E-state index contributed by atoms with van der Waals surface area (Å²) >= 11 is 5.13. The molecule has 0 bridgehead atoms. The van der Waals surface area contributed by atoms with Gasteiger partial charge in [-0.2, -0.15) is 9.41 Å². The van der Waals surface area contributed by atoms with Crippen molar-refractivity contribution in [3.63, 3.8) is 0 Å². The fourth-order valence-electron chi connectivity index (χ4n) is 2.32. The number of morpholine rings is 1. The Balaban J connectivity index is 1.57. The monoisotopic (exact) mass is 394 g/mol. The lowest BCUT2D eigenvalue weighted by molar-refractivity contribution is 0.0730. The first-order valence-corrected chi connectivity index (χ1v) is 9.72. The van der Waals surface area contributed by atoms with Gasteiger partial charge in [-0.05, 0) is 48.6 Å². The van der Waals surface area contributed by atoms with Gasteiger partial charge >= 0.3 is 0 Å². The molecule has 138 valence electrons. The van der Waals surface area contributed by atoms with Gasteiger partial charge in [0, 0.05) is 18.8 Å². The largest absolute Gasteiger partial charge is 0.463 e. The van der Waals surface area contributed by atoms with Gasteiger partial charge in [0.1, 0.15) is 5.76 Å². The number of furan rings is 1. The van der Waals surface area contributed by atoms with E-state index in [9.17, 15) is 8.42 Å². The van der Waals surface area contributed by atoms with Crippen molar-refractivity contribution < 1.29 is 17.6 Å². The second-order valence-corrected chi connectivity index (χ2v) is 7.73. The van der Waals surface area contributed by atoms with Gasteiger partial charge in [-0.25, -0.2) is 8.42 Å². The number of rotatable bonds is 5. The van der Waals surface area contributed by atoms with Crippen LogP contribution in [0.2, 0.25) is 0 Å². The molecule has 1 saturated heterocycles. The third-order valence-corrected chi connectivity index (χ3v) is 5.73. The Morgan fingerprint density at radius 3 is 2.58 bits per heavy atom. The van der Waals surface area contributed by atoms with E-state index in [0.717, 1.165) is 0 Å². The summed E-state index contributed by atoms with van der Waals surface area (Å²) in [7, 11) is -3.50. The van der Waals surface area contributed by atoms with E-state index in [1.54, 1.807) is 42.7 Å². The molecule has 2 heterocycles. The SMILES string of the molecule is O=S(=O)(c1ccc(NC(=S)NN=Cc2ccco2)cc1)N1CCOCC1. The van der Waals surface area contributed by atoms with Crippen molar-refractivity contribution in [3.05, 3.63) is 48.4 Å². The maximum atomic E-state index is 12.6. The average molecular weight is 394 g/mol. The van der Waals surface area contributed by atoms with Crippen LogP contribution in [-0.4, -0.2) is 50.4 Å². The van der Waals surface area contributed by atoms with E-state index in [0.29, 0.717) is 37.8 Å². The van der Waals surface area contributed by atoms with Crippen molar-refractivity contribution >= 4 is 39.3 Å². The van der Waals surface area contributed by atoms with Crippen LogP contribution in [0.25, 0.3) is 0 Å². The van der Waals surface area contributed by atoms with E-state index in [2.05, 4.69) is 15.8 Å². The Bertz CT molecular complexity index is 858. The highest BCUT2D eigenvalue weighted by Crippen LogP contribution is 2.19. The van der Waals surface area contributed by atoms with E-state index >= 15 is 0 Å². The number of sulfonamides is 1. The normalized spacial score (nSPS) is 15.8. The zero-order valence-electron chi connectivity index (χ0n) is 13.8. The summed E-state index contributed by atoms with van der Waals surface area (Å²) in [6.45, 7) is 1.56. The zero-order valence-corrected chi connectivity index (χ0v) is 15.4. The molecule has 2 N–H and O–H groups in total. The van der Waals surface area contributed by atoms with Crippen LogP contribution in [0.5, 0.6) is 0 Å². The second kappa shape index (κ2) is 8.41. The molecule has 0 saturated carbocycles. The quantitative estimate of drug-likeness (QED) is 0.452. The minimum atomic E-state index is -3.50. The summed E-state index contributed by atoms with van der Waals surface area (Å²) in [5.74, 6) is 0.595. The molecule has 10 heteroatoms. The van der Waals surface area contributed by atoms with Gasteiger partial charge in [0.05, 0.1) is 30.6 Å². The molecule has 0 unspecified atom stereocenters. The first-order valence-electron chi connectivity index (χ1n) is 7.87. The number of thiocarbonyl (C=S) groups is 1. The maximum absolute atomic E-state index is 12.6. The van der Waals surface area contributed by atoms with Gasteiger partial charge in [0.2, 0.25) is 10.0 Å². The standard InChI is InChI=1S/C16H18N4O4S2/c21-26(22,20-7-10-23-11-8-20)15-5-3-13(4-6-15)18-16(25)19-17-12-14-2-1-9-24-14/h1-6,9,12H,7-8,10-11H2,(H2,18,19,25). The number of nitrogens with one attached hydrogen (secondary N) is 2. The van der Waals surface area contributed by atoms with Crippen molar-refractivity contribution in [3.8, 4) is 0 Å². The van der Waals surface area contributed by atoms with Crippen LogP contribution in [-0.2, 0) is 14.8 Å². The molecule has 0 amide bonds. The number of hydrazone groups is 1. The summed E-state index contributed by atoms with van der Waals surface area (Å²) in [6.07, 6.45) is 3.04. The molecule has 2 aromatic rings. The molecular weight excluding hydrogens is 376 g/mol. The van der Waals surface area contributed by atoms with Crippen LogP contribution in [0.3, 0.4) is 0 Å². The Labute approximate surface area is 156 Å². The highest BCUT2D eigenvalue weighted by molar-refractivity contribution is 7.89. The van der Waals surface area contributed by atoms with Gasteiger partial charge in [0.25, 0.3) is 0 Å². The van der Waals surface area contributed by atoms with E-state index in [1.165, 1.54) is 10.5 Å². The van der Waals surface area contributed by atoms with E-state index in [4.69, 9.17) is 21.4 Å². The van der Waals surface area contributed by atoms with Crippen molar-refractivity contribution in [2.24, 2.45) is 5.10 Å². The summed E-state index contributed by atoms with van der Waals surface area (Å²) in [6, 6.07) is 9.90. The highest BCUT2D eigenvalue weighted by atomic mass is 32.2. The molecule has 1 aromatic heterocycles. The smallest absolute Gasteiger partial charge is 0.243 e. The minimum absolute atomic E-state index is 0.236. The number of hydrogen-bond donors (Lipinski definition) is 2. The van der Waals surface area contributed by atoms with Crippen molar-refractivity contribution in [2.45, 2.75) is 4.90 Å². The van der Waals surface area contributed by atoms with E-state index < -0.39 is 10.0 Å².